The van der Waals surface area contributed by atoms with Crippen LogP contribution in [0.3, 0.4) is 0 Å². The molecule has 1 N–H and O–H groups in total. The van der Waals surface area contributed by atoms with Crippen LogP contribution in [0.1, 0.15) is 40.8 Å². The highest BCUT2D eigenvalue weighted by atomic mass is 32.2. The van der Waals surface area contributed by atoms with E-state index in [4.69, 9.17) is 9.15 Å². The monoisotopic (exact) mass is 490 g/mol. The Balaban J connectivity index is 1.61. The number of morpholine rings is 1. The van der Waals surface area contributed by atoms with Crippen LogP contribution in [0.5, 0.6) is 0 Å². The molecule has 1 aromatic heterocycles. The predicted octanol–water partition coefficient (Wildman–Crippen LogP) is 2.24. The molecule has 0 bridgehead atoms. The fourth-order valence-electron chi connectivity index (χ4n) is 4.52. The molecule has 0 saturated carbocycles. The summed E-state index contributed by atoms with van der Waals surface area (Å²) in [5.74, 6) is 1.32. The Morgan fingerprint density at radius 1 is 1.09 bits per heavy atom. The van der Waals surface area contributed by atoms with E-state index in [1.807, 2.05) is 19.1 Å². The molecule has 1 amide bonds. The lowest BCUT2D eigenvalue weighted by Crippen LogP contribution is -2.43. The van der Waals surface area contributed by atoms with Crippen molar-refractivity contribution in [3.8, 4) is 0 Å². The first-order valence-corrected chi connectivity index (χ1v) is 13.2. The smallest absolute Gasteiger partial charge is 0.253 e. The van der Waals surface area contributed by atoms with Crippen LogP contribution < -0.4 is 10.2 Å². The molecule has 2 aliphatic heterocycles. The zero-order chi connectivity index (χ0) is 24.3. The van der Waals surface area contributed by atoms with Crippen molar-refractivity contribution >= 4 is 21.6 Å². The Labute approximate surface area is 201 Å². The standard InChI is InChI=1S/C24H34N4O5S/c1-18-6-9-23(33-18)22(28-12-14-32-15-13-28)17-25-24(29)20-16-19(34(30,31)26(2)3)7-8-21(20)27-10-4-5-11-27/h6-9,16,22H,4-5,10-15,17H2,1-3H3,(H,25,29). The van der Waals surface area contributed by atoms with Gasteiger partial charge in [-0.3, -0.25) is 9.69 Å². The van der Waals surface area contributed by atoms with Gasteiger partial charge in [0.25, 0.3) is 5.91 Å². The number of nitrogens with zero attached hydrogens (tertiary/aromatic N) is 3. The van der Waals surface area contributed by atoms with E-state index in [-0.39, 0.29) is 16.8 Å². The molecule has 1 aromatic carbocycles. The maximum absolute atomic E-state index is 13.5. The molecule has 0 spiro atoms. The third-order valence-corrected chi connectivity index (χ3v) is 8.28. The maximum Gasteiger partial charge on any atom is 0.253 e. The Kier molecular flexibility index (Phi) is 7.61. The SMILES string of the molecule is Cc1ccc(C(CNC(=O)c2cc(S(=O)(=O)N(C)C)ccc2N2CCCC2)N2CCOCC2)o1. The van der Waals surface area contributed by atoms with Gasteiger partial charge in [0.15, 0.2) is 0 Å². The zero-order valence-corrected chi connectivity index (χ0v) is 20.9. The molecule has 4 rings (SSSR count). The molecule has 2 saturated heterocycles. The van der Waals surface area contributed by atoms with Crippen LogP contribution >= 0.6 is 0 Å². The molecule has 10 heteroatoms. The fourth-order valence-corrected chi connectivity index (χ4v) is 5.45. The Hall–Kier alpha value is -2.40. The number of carbonyl (C=O) groups is 1. The molecule has 3 heterocycles. The number of amides is 1. The molecule has 34 heavy (non-hydrogen) atoms. The first-order valence-electron chi connectivity index (χ1n) is 11.8. The minimum atomic E-state index is -3.66. The number of hydrogen-bond acceptors (Lipinski definition) is 7. The maximum atomic E-state index is 13.5. The number of nitrogens with one attached hydrogen (secondary N) is 1. The molecule has 2 aromatic rings. The van der Waals surface area contributed by atoms with Gasteiger partial charge in [0, 0.05) is 52.5 Å². The van der Waals surface area contributed by atoms with E-state index < -0.39 is 10.0 Å². The molecule has 9 nitrogen and oxygen atoms in total. The van der Waals surface area contributed by atoms with Crippen LogP contribution in [-0.2, 0) is 14.8 Å². The van der Waals surface area contributed by atoms with Crippen LogP contribution in [0.4, 0.5) is 5.69 Å². The second-order valence-electron chi connectivity index (χ2n) is 8.98. The predicted molar refractivity (Wildman–Crippen MR) is 130 cm³/mol. The molecule has 1 atom stereocenters. The van der Waals surface area contributed by atoms with Crippen molar-refractivity contribution < 1.29 is 22.4 Å². The minimum Gasteiger partial charge on any atom is -0.465 e. The van der Waals surface area contributed by atoms with Gasteiger partial charge in [0.2, 0.25) is 10.0 Å². The topological polar surface area (TPSA) is 95.3 Å². The van der Waals surface area contributed by atoms with Crippen LogP contribution in [0.15, 0.2) is 39.6 Å². The largest absolute Gasteiger partial charge is 0.465 e. The van der Waals surface area contributed by atoms with Gasteiger partial charge in [-0.25, -0.2) is 12.7 Å². The Morgan fingerprint density at radius 2 is 1.79 bits per heavy atom. The summed E-state index contributed by atoms with van der Waals surface area (Å²) in [4.78, 5) is 18.0. The third-order valence-electron chi connectivity index (χ3n) is 6.47. The number of ether oxygens (including phenoxy) is 1. The summed E-state index contributed by atoms with van der Waals surface area (Å²) in [7, 11) is -0.688. The van der Waals surface area contributed by atoms with E-state index in [2.05, 4.69) is 15.1 Å². The second kappa shape index (κ2) is 10.5. The van der Waals surface area contributed by atoms with Gasteiger partial charge in [-0.15, -0.1) is 0 Å². The van der Waals surface area contributed by atoms with Gasteiger partial charge in [0.05, 0.1) is 29.7 Å². The quantitative estimate of drug-likeness (QED) is 0.606. The summed E-state index contributed by atoms with van der Waals surface area (Å²) in [5, 5.41) is 3.06. The number of furan rings is 1. The van der Waals surface area contributed by atoms with Gasteiger partial charge in [-0.05, 0) is 50.1 Å². The van der Waals surface area contributed by atoms with Crippen molar-refractivity contribution in [2.45, 2.75) is 30.7 Å². The fraction of sp³-hybridized carbons (Fsp3) is 0.542. The Bertz CT molecular complexity index is 1100. The first-order chi connectivity index (χ1) is 16.3. The molecule has 0 radical (unpaired) electrons. The summed E-state index contributed by atoms with van der Waals surface area (Å²) in [6.45, 7) is 6.70. The number of benzene rings is 1. The summed E-state index contributed by atoms with van der Waals surface area (Å²) >= 11 is 0. The van der Waals surface area contributed by atoms with E-state index in [1.165, 1.54) is 20.2 Å². The van der Waals surface area contributed by atoms with E-state index in [9.17, 15) is 13.2 Å². The molecule has 0 aliphatic carbocycles. The van der Waals surface area contributed by atoms with E-state index in [0.29, 0.717) is 25.3 Å². The van der Waals surface area contributed by atoms with Gasteiger partial charge >= 0.3 is 0 Å². The lowest BCUT2D eigenvalue weighted by atomic mass is 10.1. The van der Waals surface area contributed by atoms with Crippen molar-refractivity contribution in [2.75, 3.05) is 64.9 Å². The van der Waals surface area contributed by atoms with Crippen molar-refractivity contribution in [1.82, 2.24) is 14.5 Å². The number of hydrogen-bond donors (Lipinski definition) is 1. The molecular weight excluding hydrogens is 456 g/mol. The number of aryl methyl sites for hydroxylation is 1. The van der Waals surface area contributed by atoms with E-state index in [0.717, 1.165) is 60.5 Å². The summed E-state index contributed by atoms with van der Waals surface area (Å²) in [6.07, 6.45) is 2.10. The number of anilines is 1. The Morgan fingerprint density at radius 3 is 2.41 bits per heavy atom. The number of rotatable bonds is 8. The van der Waals surface area contributed by atoms with Crippen LogP contribution in [0, 0.1) is 6.92 Å². The average molecular weight is 491 g/mol. The lowest BCUT2D eigenvalue weighted by Gasteiger charge is -2.33. The number of sulfonamides is 1. The zero-order valence-electron chi connectivity index (χ0n) is 20.1. The lowest BCUT2D eigenvalue weighted by molar-refractivity contribution is 0.0117. The van der Waals surface area contributed by atoms with Crippen molar-refractivity contribution in [1.29, 1.82) is 0 Å². The van der Waals surface area contributed by atoms with E-state index in [1.54, 1.807) is 12.1 Å². The number of carbonyl (C=O) groups excluding carboxylic acids is 1. The van der Waals surface area contributed by atoms with Gasteiger partial charge in [-0.2, -0.15) is 0 Å². The summed E-state index contributed by atoms with van der Waals surface area (Å²) < 4.78 is 38.1. The molecule has 2 fully saturated rings. The minimum absolute atomic E-state index is 0.108. The molecule has 2 aliphatic rings. The second-order valence-corrected chi connectivity index (χ2v) is 11.1. The van der Waals surface area contributed by atoms with Crippen molar-refractivity contribution in [2.24, 2.45) is 0 Å². The highest BCUT2D eigenvalue weighted by Crippen LogP contribution is 2.29. The third kappa shape index (κ3) is 5.30. The highest BCUT2D eigenvalue weighted by molar-refractivity contribution is 7.89. The highest BCUT2D eigenvalue weighted by Gasteiger charge is 2.28. The van der Waals surface area contributed by atoms with E-state index >= 15 is 0 Å². The normalized spacial score (nSPS) is 18.4. The van der Waals surface area contributed by atoms with Crippen molar-refractivity contribution in [3.05, 3.63) is 47.4 Å². The molecular formula is C24H34N4O5S. The van der Waals surface area contributed by atoms with Crippen molar-refractivity contribution in [3.63, 3.8) is 0 Å². The van der Waals surface area contributed by atoms with Crippen LogP contribution in [0.2, 0.25) is 0 Å². The van der Waals surface area contributed by atoms with Crippen LogP contribution in [-0.4, -0.2) is 83.6 Å². The van der Waals surface area contributed by atoms with Gasteiger partial charge in [0.1, 0.15) is 11.5 Å². The van der Waals surface area contributed by atoms with Crippen LogP contribution in [0.25, 0.3) is 0 Å². The molecule has 1 unspecified atom stereocenters. The van der Waals surface area contributed by atoms with Gasteiger partial charge < -0.3 is 19.4 Å². The summed E-state index contributed by atoms with van der Waals surface area (Å²) in [6, 6.07) is 8.57. The molecule has 186 valence electrons. The first kappa shape index (κ1) is 24.7. The van der Waals surface area contributed by atoms with Gasteiger partial charge in [-0.1, -0.05) is 0 Å². The summed E-state index contributed by atoms with van der Waals surface area (Å²) in [5.41, 5.74) is 1.14. The average Bonchev–Trinajstić information content (AvgIpc) is 3.51.